The second-order valence-corrected chi connectivity index (χ2v) is 5.16. The minimum Gasteiger partial charge on any atom is -0.368 e. The van der Waals surface area contributed by atoms with Gasteiger partial charge >= 0.3 is 0 Å². The van der Waals surface area contributed by atoms with E-state index in [0.29, 0.717) is 0 Å². The molecule has 4 heteroatoms. The van der Waals surface area contributed by atoms with E-state index in [0.717, 1.165) is 37.7 Å². The minimum atomic E-state index is -0.507. The van der Waals surface area contributed by atoms with Crippen molar-refractivity contribution in [3.63, 3.8) is 0 Å². The molecule has 3 N–H and O–H groups in total. The molecule has 1 saturated carbocycles. The number of benzene rings is 1. The summed E-state index contributed by atoms with van der Waals surface area (Å²) >= 11 is 0. The Hall–Kier alpha value is -1.84. The molecule has 1 aliphatic rings. The van der Waals surface area contributed by atoms with Gasteiger partial charge in [0, 0.05) is 0 Å². The summed E-state index contributed by atoms with van der Waals surface area (Å²) < 4.78 is 0. The number of amides is 2. The van der Waals surface area contributed by atoms with Gasteiger partial charge in [-0.15, -0.1) is 0 Å². The normalized spacial score (nSPS) is 17.7. The highest BCUT2D eigenvalue weighted by atomic mass is 16.2. The topological polar surface area (TPSA) is 72.2 Å². The predicted molar refractivity (Wildman–Crippen MR) is 73.4 cm³/mol. The third-order valence-electron chi connectivity index (χ3n) is 3.89. The van der Waals surface area contributed by atoms with Crippen LogP contribution in [0.5, 0.6) is 0 Å². The molecule has 0 spiro atoms. The van der Waals surface area contributed by atoms with Crippen LogP contribution in [0.25, 0.3) is 0 Å². The lowest BCUT2D eigenvalue weighted by Crippen LogP contribution is -2.48. The maximum Gasteiger partial charge on any atom is 0.236 e. The third kappa shape index (κ3) is 2.95. The van der Waals surface area contributed by atoms with Gasteiger partial charge in [-0.25, -0.2) is 0 Å². The van der Waals surface area contributed by atoms with E-state index in [4.69, 9.17) is 5.73 Å². The second-order valence-electron chi connectivity index (χ2n) is 5.16. The first-order chi connectivity index (χ1) is 9.15. The average Bonchev–Trinajstić information content (AvgIpc) is 2.46. The lowest BCUT2D eigenvalue weighted by atomic mass is 9.68. The summed E-state index contributed by atoms with van der Waals surface area (Å²) in [5, 5.41) is 2.68. The van der Waals surface area contributed by atoms with E-state index in [1.807, 2.05) is 30.3 Å². The molecule has 4 nitrogen and oxygen atoms in total. The fourth-order valence-corrected chi connectivity index (χ4v) is 2.90. The van der Waals surface area contributed by atoms with Crippen molar-refractivity contribution in [1.82, 2.24) is 5.32 Å². The van der Waals surface area contributed by atoms with E-state index in [1.54, 1.807) is 0 Å². The standard InChI is InChI=1S/C15H20N2O2/c16-13(18)11-17-14(19)15(9-5-2-6-10-15)12-7-3-1-4-8-12/h1,3-4,7-8H,2,5-6,9-11H2,(H2,16,18)(H,17,19). The Morgan fingerprint density at radius 1 is 1.11 bits per heavy atom. The lowest BCUT2D eigenvalue weighted by molar-refractivity contribution is -0.130. The molecule has 1 fully saturated rings. The number of primary amides is 1. The maximum absolute atomic E-state index is 12.5. The molecule has 2 amide bonds. The van der Waals surface area contributed by atoms with Gasteiger partial charge in [-0.05, 0) is 18.4 Å². The van der Waals surface area contributed by atoms with Crippen LogP contribution in [0.1, 0.15) is 37.7 Å². The zero-order valence-corrected chi connectivity index (χ0v) is 11.0. The van der Waals surface area contributed by atoms with Gasteiger partial charge in [0.2, 0.25) is 11.8 Å². The first-order valence-corrected chi connectivity index (χ1v) is 6.77. The molecule has 0 heterocycles. The van der Waals surface area contributed by atoms with E-state index in [9.17, 15) is 9.59 Å². The number of rotatable bonds is 4. The maximum atomic E-state index is 12.5. The van der Waals surface area contributed by atoms with Gasteiger partial charge in [0.1, 0.15) is 0 Å². The highest BCUT2D eigenvalue weighted by Gasteiger charge is 2.40. The molecule has 2 rings (SSSR count). The number of carbonyl (C=O) groups is 2. The number of carbonyl (C=O) groups excluding carboxylic acids is 2. The van der Waals surface area contributed by atoms with E-state index in [-0.39, 0.29) is 12.5 Å². The largest absolute Gasteiger partial charge is 0.368 e. The van der Waals surface area contributed by atoms with Crippen LogP contribution in [0.3, 0.4) is 0 Å². The van der Waals surface area contributed by atoms with Crippen LogP contribution in [0.4, 0.5) is 0 Å². The summed E-state index contributed by atoms with van der Waals surface area (Å²) in [6.45, 7) is -0.0899. The number of hydrogen-bond acceptors (Lipinski definition) is 2. The summed E-state index contributed by atoms with van der Waals surface area (Å²) in [6.07, 6.45) is 4.92. The quantitative estimate of drug-likeness (QED) is 0.861. The zero-order chi connectivity index (χ0) is 13.7. The zero-order valence-electron chi connectivity index (χ0n) is 11.0. The summed E-state index contributed by atoms with van der Waals surface area (Å²) in [4.78, 5) is 23.3. The van der Waals surface area contributed by atoms with Crippen LogP contribution in [-0.4, -0.2) is 18.4 Å². The van der Waals surface area contributed by atoms with Crippen molar-refractivity contribution in [2.24, 2.45) is 5.73 Å². The molecular weight excluding hydrogens is 240 g/mol. The molecule has 1 aromatic carbocycles. The van der Waals surface area contributed by atoms with Gasteiger partial charge in [0.15, 0.2) is 0 Å². The van der Waals surface area contributed by atoms with Crippen molar-refractivity contribution in [3.05, 3.63) is 35.9 Å². The van der Waals surface area contributed by atoms with Crippen molar-refractivity contribution in [2.75, 3.05) is 6.54 Å². The monoisotopic (exact) mass is 260 g/mol. The molecule has 102 valence electrons. The second kappa shape index (κ2) is 5.87. The molecular formula is C15H20N2O2. The van der Waals surface area contributed by atoms with Crippen LogP contribution >= 0.6 is 0 Å². The molecule has 1 aromatic rings. The Labute approximate surface area is 113 Å². The van der Waals surface area contributed by atoms with Crippen LogP contribution in [0.2, 0.25) is 0 Å². The van der Waals surface area contributed by atoms with E-state index < -0.39 is 11.3 Å². The molecule has 0 aliphatic heterocycles. The Bertz CT molecular complexity index is 450. The molecule has 0 bridgehead atoms. The SMILES string of the molecule is NC(=O)CNC(=O)C1(c2ccccc2)CCCCC1. The van der Waals surface area contributed by atoms with Crippen LogP contribution in [-0.2, 0) is 15.0 Å². The van der Waals surface area contributed by atoms with Gasteiger partial charge in [-0.1, -0.05) is 49.6 Å². The highest BCUT2D eigenvalue weighted by molar-refractivity contribution is 5.91. The fourth-order valence-electron chi connectivity index (χ4n) is 2.90. The number of nitrogens with one attached hydrogen (secondary N) is 1. The molecule has 0 saturated heterocycles. The first kappa shape index (κ1) is 13.6. The summed E-state index contributed by atoms with van der Waals surface area (Å²) in [6, 6.07) is 9.84. The van der Waals surface area contributed by atoms with Gasteiger partial charge in [0.05, 0.1) is 12.0 Å². The van der Waals surface area contributed by atoms with Gasteiger partial charge in [0.25, 0.3) is 0 Å². The van der Waals surface area contributed by atoms with Crippen molar-refractivity contribution >= 4 is 11.8 Å². The number of nitrogens with two attached hydrogens (primary N) is 1. The van der Waals surface area contributed by atoms with Gasteiger partial charge in [-0.2, -0.15) is 0 Å². The van der Waals surface area contributed by atoms with Crippen molar-refractivity contribution < 1.29 is 9.59 Å². The molecule has 19 heavy (non-hydrogen) atoms. The van der Waals surface area contributed by atoms with Crippen molar-refractivity contribution in [1.29, 1.82) is 0 Å². The Morgan fingerprint density at radius 2 is 1.74 bits per heavy atom. The first-order valence-electron chi connectivity index (χ1n) is 6.77. The predicted octanol–water partition coefficient (Wildman–Crippen LogP) is 1.49. The third-order valence-corrected chi connectivity index (χ3v) is 3.89. The average molecular weight is 260 g/mol. The summed E-state index contributed by atoms with van der Waals surface area (Å²) in [5.74, 6) is -0.579. The fraction of sp³-hybridized carbons (Fsp3) is 0.467. The smallest absolute Gasteiger partial charge is 0.236 e. The molecule has 0 atom stereocenters. The van der Waals surface area contributed by atoms with E-state index in [2.05, 4.69) is 5.32 Å². The van der Waals surface area contributed by atoms with E-state index >= 15 is 0 Å². The van der Waals surface area contributed by atoms with Crippen LogP contribution in [0, 0.1) is 0 Å². The molecule has 0 unspecified atom stereocenters. The Morgan fingerprint density at radius 3 is 2.32 bits per heavy atom. The van der Waals surface area contributed by atoms with E-state index in [1.165, 1.54) is 0 Å². The van der Waals surface area contributed by atoms with Crippen LogP contribution < -0.4 is 11.1 Å². The van der Waals surface area contributed by atoms with Gasteiger partial charge in [-0.3, -0.25) is 9.59 Å². The molecule has 1 aliphatic carbocycles. The number of hydrogen-bond donors (Lipinski definition) is 2. The van der Waals surface area contributed by atoms with Crippen LogP contribution in [0.15, 0.2) is 30.3 Å². The highest BCUT2D eigenvalue weighted by Crippen LogP contribution is 2.39. The molecule has 0 radical (unpaired) electrons. The summed E-state index contributed by atoms with van der Waals surface area (Å²) in [5.41, 5.74) is 5.65. The Kier molecular flexibility index (Phi) is 4.20. The Balaban J connectivity index is 2.24. The lowest BCUT2D eigenvalue weighted by Gasteiger charge is -2.36. The molecule has 0 aromatic heterocycles. The summed E-state index contributed by atoms with van der Waals surface area (Å²) in [7, 11) is 0. The minimum absolute atomic E-state index is 0.0720. The van der Waals surface area contributed by atoms with Gasteiger partial charge < -0.3 is 11.1 Å². The van der Waals surface area contributed by atoms with Crippen molar-refractivity contribution in [2.45, 2.75) is 37.5 Å². The van der Waals surface area contributed by atoms with Crippen molar-refractivity contribution in [3.8, 4) is 0 Å².